The predicted molar refractivity (Wildman–Crippen MR) is 85.4 cm³/mol. The van der Waals surface area contributed by atoms with Crippen molar-refractivity contribution in [2.45, 2.75) is 24.3 Å². The topological polar surface area (TPSA) is 46.6 Å². The van der Waals surface area contributed by atoms with Crippen LogP contribution < -0.4 is 4.74 Å². The minimum Gasteiger partial charge on any atom is -0.493 e. The van der Waals surface area contributed by atoms with Crippen molar-refractivity contribution in [3.05, 3.63) is 59.7 Å². The van der Waals surface area contributed by atoms with E-state index in [1.807, 2.05) is 30.3 Å². The van der Waals surface area contributed by atoms with Crippen molar-refractivity contribution in [3.63, 3.8) is 0 Å². The van der Waals surface area contributed by atoms with Gasteiger partial charge in [0.25, 0.3) is 0 Å². The Morgan fingerprint density at radius 3 is 2.68 bits per heavy atom. The van der Waals surface area contributed by atoms with Gasteiger partial charge >= 0.3 is 0 Å². The Balaban J connectivity index is 1.86. The number of aryl methyl sites for hydroxylation is 1. The van der Waals surface area contributed by atoms with Gasteiger partial charge in [-0.25, -0.2) is 8.42 Å². The molecule has 0 unspecified atom stereocenters. The van der Waals surface area contributed by atoms with Crippen LogP contribution in [0.5, 0.6) is 5.75 Å². The van der Waals surface area contributed by atoms with E-state index in [4.69, 9.17) is 4.74 Å². The summed E-state index contributed by atoms with van der Waals surface area (Å²) < 4.78 is 32.3. The van der Waals surface area contributed by atoms with Crippen LogP contribution in [0.15, 0.2) is 53.4 Å². The fourth-order valence-electron chi connectivity index (χ4n) is 2.60. The zero-order valence-corrected chi connectivity index (χ0v) is 13.3. The van der Waals surface area contributed by atoms with E-state index in [1.165, 1.54) is 4.31 Å². The predicted octanol–water partition coefficient (Wildman–Crippen LogP) is 2.83. The van der Waals surface area contributed by atoms with Gasteiger partial charge in [0.1, 0.15) is 5.75 Å². The summed E-state index contributed by atoms with van der Waals surface area (Å²) in [6.07, 6.45) is 1.79. The third-order valence-electron chi connectivity index (χ3n) is 3.84. The Morgan fingerprint density at radius 1 is 1.14 bits per heavy atom. The molecule has 4 nitrogen and oxygen atoms in total. The highest BCUT2D eigenvalue weighted by Crippen LogP contribution is 2.28. The van der Waals surface area contributed by atoms with E-state index in [-0.39, 0.29) is 0 Å². The number of hydrogen-bond donors (Lipinski definition) is 0. The van der Waals surface area contributed by atoms with Crippen LogP contribution in [-0.4, -0.2) is 26.4 Å². The lowest BCUT2D eigenvalue weighted by Crippen LogP contribution is -2.26. The number of nitrogens with zero attached hydrogens (tertiary/aromatic N) is 1. The van der Waals surface area contributed by atoms with E-state index in [9.17, 15) is 8.42 Å². The zero-order chi connectivity index (χ0) is 15.6. The molecular formula is C17H19NO3S. The second-order valence-corrected chi connectivity index (χ2v) is 7.51. The molecule has 1 heterocycles. The Kier molecular flexibility index (Phi) is 4.18. The van der Waals surface area contributed by atoms with Gasteiger partial charge in [-0.15, -0.1) is 0 Å². The molecule has 2 aromatic rings. The normalized spacial score (nSPS) is 14.5. The summed E-state index contributed by atoms with van der Waals surface area (Å²) in [5.41, 5.74) is 1.94. The third-order valence-corrected chi connectivity index (χ3v) is 5.64. The van der Waals surface area contributed by atoms with Crippen LogP contribution in [0.3, 0.4) is 0 Å². The minimum absolute atomic E-state index is 0.329. The molecule has 22 heavy (non-hydrogen) atoms. The van der Waals surface area contributed by atoms with Gasteiger partial charge < -0.3 is 4.74 Å². The monoisotopic (exact) mass is 317 g/mol. The molecule has 0 atom stereocenters. The summed E-state index contributed by atoms with van der Waals surface area (Å²) >= 11 is 0. The van der Waals surface area contributed by atoms with E-state index in [0.29, 0.717) is 18.0 Å². The zero-order valence-electron chi connectivity index (χ0n) is 12.5. The van der Waals surface area contributed by atoms with Crippen molar-refractivity contribution >= 4 is 10.0 Å². The number of benzene rings is 2. The van der Waals surface area contributed by atoms with Gasteiger partial charge in [-0.05, 0) is 42.2 Å². The van der Waals surface area contributed by atoms with Crippen molar-refractivity contribution in [3.8, 4) is 5.75 Å². The van der Waals surface area contributed by atoms with Gasteiger partial charge in [-0.2, -0.15) is 4.31 Å². The smallest absolute Gasteiger partial charge is 0.243 e. The molecule has 3 rings (SSSR count). The Bertz CT molecular complexity index is 757. The molecule has 0 spiro atoms. The van der Waals surface area contributed by atoms with Crippen LogP contribution in [0.4, 0.5) is 0 Å². The first-order chi connectivity index (χ1) is 10.6. The molecule has 2 aromatic carbocycles. The maximum Gasteiger partial charge on any atom is 0.243 e. The molecule has 0 aliphatic carbocycles. The van der Waals surface area contributed by atoms with Crippen molar-refractivity contribution in [1.82, 2.24) is 4.31 Å². The number of rotatable bonds is 4. The molecule has 1 aliphatic rings. The Labute approximate surface area is 131 Å². The molecule has 0 amide bonds. The average molecular weight is 317 g/mol. The lowest BCUT2D eigenvalue weighted by atomic mass is 10.1. The molecule has 0 saturated heterocycles. The highest BCUT2D eigenvalue weighted by Gasteiger charge is 2.23. The summed E-state index contributed by atoms with van der Waals surface area (Å²) in [7, 11) is -1.88. The molecule has 0 radical (unpaired) electrons. The van der Waals surface area contributed by atoms with E-state index in [2.05, 4.69) is 0 Å². The second kappa shape index (κ2) is 6.10. The van der Waals surface area contributed by atoms with Gasteiger partial charge in [0.2, 0.25) is 10.0 Å². The van der Waals surface area contributed by atoms with Crippen LogP contribution in [0.2, 0.25) is 0 Å². The lowest BCUT2D eigenvalue weighted by Gasteiger charge is -2.21. The largest absolute Gasteiger partial charge is 0.493 e. The van der Waals surface area contributed by atoms with Crippen LogP contribution in [0.25, 0.3) is 0 Å². The molecule has 0 aromatic heterocycles. The number of hydrogen-bond acceptors (Lipinski definition) is 3. The van der Waals surface area contributed by atoms with Crippen molar-refractivity contribution < 1.29 is 13.2 Å². The maximum absolute atomic E-state index is 12.7. The molecule has 0 saturated carbocycles. The van der Waals surface area contributed by atoms with Crippen LogP contribution in [0.1, 0.15) is 17.5 Å². The third kappa shape index (κ3) is 3.00. The van der Waals surface area contributed by atoms with Gasteiger partial charge in [-0.1, -0.05) is 30.3 Å². The SMILES string of the molecule is CN(Cc1ccccc1)S(=O)(=O)c1ccc2c(c1)CCCO2. The first-order valence-electron chi connectivity index (χ1n) is 7.33. The van der Waals surface area contributed by atoms with Crippen LogP contribution in [0, 0.1) is 0 Å². The molecule has 0 bridgehead atoms. The quantitative estimate of drug-likeness (QED) is 0.871. The van der Waals surface area contributed by atoms with Gasteiger partial charge in [0.15, 0.2) is 0 Å². The van der Waals surface area contributed by atoms with Crippen molar-refractivity contribution in [2.75, 3.05) is 13.7 Å². The average Bonchev–Trinajstić information content (AvgIpc) is 2.55. The summed E-state index contributed by atoms with van der Waals surface area (Å²) in [6, 6.07) is 14.7. The fraction of sp³-hybridized carbons (Fsp3) is 0.294. The van der Waals surface area contributed by atoms with E-state index < -0.39 is 10.0 Å². The summed E-state index contributed by atoms with van der Waals surface area (Å²) in [4.78, 5) is 0.329. The highest BCUT2D eigenvalue weighted by molar-refractivity contribution is 7.89. The van der Waals surface area contributed by atoms with Crippen LogP contribution in [-0.2, 0) is 23.0 Å². The summed E-state index contributed by atoms with van der Waals surface area (Å²) in [6.45, 7) is 1.06. The Morgan fingerprint density at radius 2 is 1.91 bits per heavy atom. The van der Waals surface area contributed by atoms with Gasteiger partial charge in [0, 0.05) is 13.6 Å². The molecular weight excluding hydrogens is 298 g/mol. The highest BCUT2D eigenvalue weighted by atomic mass is 32.2. The second-order valence-electron chi connectivity index (χ2n) is 5.47. The van der Waals surface area contributed by atoms with Crippen molar-refractivity contribution in [2.24, 2.45) is 0 Å². The van der Waals surface area contributed by atoms with E-state index >= 15 is 0 Å². The number of fused-ring (bicyclic) bond motifs is 1. The molecule has 0 N–H and O–H groups in total. The number of ether oxygens (including phenoxy) is 1. The Hall–Kier alpha value is -1.85. The van der Waals surface area contributed by atoms with E-state index in [0.717, 1.165) is 29.7 Å². The lowest BCUT2D eigenvalue weighted by molar-refractivity contribution is 0.288. The fourth-order valence-corrected chi connectivity index (χ4v) is 3.81. The molecule has 0 fully saturated rings. The van der Waals surface area contributed by atoms with E-state index in [1.54, 1.807) is 25.2 Å². The van der Waals surface area contributed by atoms with Crippen LogP contribution >= 0.6 is 0 Å². The van der Waals surface area contributed by atoms with Crippen molar-refractivity contribution in [1.29, 1.82) is 0 Å². The molecule has 116 valence electrons. The standard InChI is InChI=1S/C17H19NO3S/c1-18(13-14-6-3-2-4-7-14)22(19,20)16-9-10-17-15(12-16)8-5-11-21-17/h2-4,6-7,9-10,12H,5,8,11,13H2,1H3. The first-order valence-corrected chi connectivity index (χ1v) is 8.77. The number of sulfonamides is 1. The first kappa shape index (κ1) is 15.1. The summed E-state index contributed by atoms with van der Waals surface area (Å²) in [5.74, 6) is 0.802. The van der Waals surface area contributed by atoms with Gasteiger partial charge in [-0.3, -0.25) is 0 Å². The minimum atomic E-state index is -3.49. The van der Waals surface area contributed by atoms with Gasteiger partial charge in [0.05, 0.1) is 11.5 Å². The maximum atomic E-state index is 12.7. The summed E-state index contributed by atoms with van der Waals surface area (Å²) in [5, 5.41) is 0. The molecule has 5 heteroatoms. The molecule has 1 aliphatic heterocycles.